The average Bonchev–Trinajstić information content (AvgIpc) is 3.35. The van der Waals surface area contributed by atoms with Gasteiger partial charge in [0.1, 0.15) is 0 Å². The minimum atomic E-state index is -4.92. The highest BCUT2D eigenvalue weighted by atomic mass is 19.4. The number of nitrogens with zero attached hydrogens (tertiary/aromatic N) is 3. The molecule has 9 heteroatoms. The lowest BCUT2D eigenvalue weighted by molar-refractivity contribution is -0.355. The molecule has 0 saturated heterocycles. The number of rotatable bonds is 3. The smallest absolute Gasteiger partial charge is 0.420 e. The van der Waals surface area contributed by atoms with Gasteiger partial charge in [-0.2, -0.15) is 13.2 Å². The standard InChI is InChI=1S/C17H16F3N3O3/c18-17(19,20)16(24)9-13(23-26-16)10-5-7-12(8-6-10)15-22-21-14(25-15)11-3-1-2-4-11/h5-8,11,24H,1-4,9H2. The summed E-state index contributed by atoms with van der Waals surface area (Å²) in [6.45, 7) is 0. The molecule has 2 aromatic rings. The number of alkyl halides is 3. The molecule has 1 unspecified atom stereocenters. The average molecular weight is 367 g/mol. The Morgan fingerprint density at radius 2 is 1.69 bits per heavy atom. The van der Waals surface area contributed by atoms with E-state index in [0.29, 0.717) is 28.8 Å². The van der Waals surface area contributed by atoms with Gasteiger partial charge >= 0.3 is 12.0 Å². The van der Waals surface area contributed by atoms with Gasteiger partial charge in [-0.15, -0.1) is 10.2 Å². The lowest BCUT2D eigenvalue weighted by atomic mass is 10.0. The Balaban J connectivity index is 1.49. The zero-order valence-electron chi connectivity index (χ0n) is 13.7. The molecule has 6 nitrogen and oxygen atoms in total. The molecule has 0 radical (unpaired) electrons. The van der Waals surface area contributed by atoms with Crippen LogP contribution in [0.15, 0.2) is 33.8 Å². The fraction of sp³-hybridized carbons (Fsp3) is 0.471. The van der Waals surface area contributed by atoms with E-state index in [1.165, 1.54) is 0 Å². The predicted octanol–water partition coefficient (Wildman–Crippen LogP) is 3.77. The highest BCUT2D eigenvalue weighted by Crippen LogP contribution is 2.39. The van der Waals surface area contributed by atoms with Gasteiger partial charge in [0.25, 0.3) is 0 Å². The van der Waals surface area contributed by atoms with Crippen LogP contribution in [-0.4, -0.2) is 33.0 Å². The summed E-state index contributed by atoms with van der Waals surface area (Å²) in [7, 11) is 0. The fourth-order valence-electron chi connectivity index (χ4n) is 3.22. The Bertz CT molecular complexity index is 826. The van der Waals surface area contributed by atoms with Crippen molar-refractivity contribution in [2.75, 3.05) is 0 Å². The SMILES string of the molecule is OC1(C(F)(F)F)CC(c2ccc(-c3nnc(C4CCCC4)o3)cc2)=NO1. The summed E-state index contributed by atoms with van der Waals surface area (Å²) in [5, 5.41) is 21.0. The fourth-order valence-corrected chi connectivity index (χ4v) is 3.22. The van der Waals surface area contributed by atoms with Gasteiger partial charge < -0.3 is 14.4 Å². The van der Waals surface area contributed by atoms with E-state index in [0.717, 1.165) is 25.7 Å². The van der Waals surface area contributed by atoms with Crippen LogP contribution in [0.25, 0.3) is 11.5 Å². The monoisotopic (exact) mass is 367 g/mol. The Labute approximate surface area is 146 Å². The summed E-state index contributed by atoms with van der Waals surface area (Å²) in [6.07, 6.45) is -1.27. The van der Waals surface area contributed by atoms with E-state index >= 15 is 0 Å². The molecule has 1 aromatic heterocycles. The van der Waals surface area contributed by atoms with Crippen molar-refractivity contribution in [2.24, 2.45) is 5.16 Å². The molecule has 2 aliphatic rings. The van der Waals surface area contributed by atoms with Gasteiger partial charge in [0.05, 0.1) is 12.1 Å². The van der Waals surface area contributed by atoms with Crippen LogP contribution in [0.1, 0.15) is 49.5 Å². The minimum Gasteiger partial charge on any atom is -0.420 e. The van der Waals surface area contributed by atoms with Crippen molar-refractivity contribution in [1.82, 2.24) is 10.2 Å². The van der Waals surface area contributed by atoms with Crippen molar-refractivity contribution in [3.8, 4) is 11.5 Å². The first-order valence-electron chi connectivity index (χ1n) is 8.34. The van der Waals surface area contributed by atoms with Crippen LogP contribution in [0.3, 0.4) is 0 Å². The molecular formula is C17H16F3N3O3. The van der Waals surface area contributed by atoms with Gasteiger partial charge in [0, 0.05) is 11.5 Å². The van der Waals surface area contributed by atoms with Crippen molar-refractivity contribution in [1.29, 1.82) is 0 Å². The first kappa shape index (κ1) is 17.0. The van der Waals surface area contributed by atoms with Crippen molar-refractivity contribution in [3.63, 3.8) is 0 Å². The van der Waals surface area contributed by atoms with Gasteiger partial charge in [-0.3, -0.25) is 0 Å². The number of aromatic nitrogens is 2. The van der Waals surface area contributed by atoms with E-state index in [2.05, 4.69) is 20.2 Å². The van der Waals surface area contributed by atoms with Crippen molar-refractivity contribution >= 4 is 5.71 Å². The second-order valence-electron chi connectivity index (χ2n) is 6.59. The van der Waals surface area contributed by atoms with Crippen molar-refractivity contribution in [2.45, 2.75) is 50.0 Å². The van der Waals surface area contributed by atoms with Crippen LogP contribution in [0.2, 0.25) is 0 Å². The summed E-state index contributed by atoms with van der Waals surface area (Å²) in [5.74, 6) is -1.97. The largest absolute Gasteiger partial charge is 0.458 e. The number of benzene rings is 1. The molecule has 2 heterocycles. The first-order chi connectivity index (χ1) is 12.4. The quantitative estimate of drug-likeness (QED) is 0.893. The number of hydrogen-bond acceptors (Lipinski definition) is 6. The number of oxime groups is 1. The summed E-state index contributed by atoms with van der Waals surface area (Å²) in [6, 6.07) is 6.49. The molecular weight excluding hydrogens is 351 g/mol. The van der Waals surface area contributed by atoms with Crippen molar-refractivity contribution in [3.05, 3.63) is 35.7 Å². The molecule has 0 bridgehead atoms. The Morgan fingerprint density at radius 1 is 1.04 bits per heavy atom. The highest BCUT2D eigenvalue weighted by molar-refractivity contribution is 6.01. The van der Waals surface area contributed by atoms with E-state index < -0.39 is 18.4 Å². The van der Waals surface area contributed by atoms with Crippen LogP contribution in [0.4, 0.5) is 13.2 Å². The Hall–Kier alpha value is -2.42. The third-order valence-electron chi connectivity index (χ3n) is 4.77. The van der Waals surface area contributed by atoms with Crippen LogP contribution in [-0.2, 0) is 4.84 Å². The maximum atomic E-state index is 12.8. The number of halogens is 3. The van der Waals surface area contributed by atoms with Gasteiger partial charge in [0.2, 0.25) is 11.8 Å². The Morgan fingerprint density at radius 3 is 2.31 bits per heavy atom. The zero-order chi connectivity index (χ0) is 18.4. The summed E-state index contributed by atoms with van der Waals surface area (Å²) in [4.78, 5) is 4.22. The number of aliphatic hydroxyl groups is 1. The highest BCUT2D eigenvalue weighted by Gasteiger charge is 2.60. The van der Waals surface area contributed by atoms with Crippen molar-refractivity contribution < 1.29 is 27.5 Å². The molecule has 1 fully saturated rings. The molecule has 0 amide bonds. The molecule has 0 spiro atoms. The van der Waals surface area contributed by atoms with Gasteiger partial charge in [-0.25, -0.2) is 0 Å². The molecule has 1 aromatic carbocycles. The third-order valence-corrected chi connectivity index (χ3v) is 4.77. The lowest BCUT2D eigenvalue weighted by Gasteiger charge is -2.22. The maximum absolute atomic E-state index is 12.8. The van der Waals surface area contributed by atoms with Crippen LogP contribution < -0.4 is 0 Å². The molecule has 138 valence electrons. The van der Waals surface area contributed by atoms with E-state index in [9.17, 15) is 18.3 Å². The van der Waals surface area contributed by atoms with Gasteiger partial charge in [-0.05, 0) is 30.5 Å². The molecule has 1 N–H and O–H groups in total. The first-order valence-corrected chi connectivity index (χ1v) is 8.34. The lowest BCUT2D eigenvalue weighted by Crippen LogP contribution is -2.45. The second kappa shape index (κ2) is 6.08. The topological polar surface area (TPSA) is 80.7 Å². The minimum absolute atomic E-state index is 0.0218. The Kier molecular flexibility index (Phi) is 3.98. The van der Waals surface area contributed by atoms with E-state index in [1.54, 1.807) is 24.3 Å². The predicted molar refractivity (Wildman–Crippen MR) is 84.2 cm³/mol. The van der Waals surface area contributed by atoms with E-state index in [-0.39, 0.29) is 5.71 Å². The summed E-state index contributed by atoms with van der Waals surface area (Å²) in [5.41, 5.74) is 1.11. The van der Waals surface area contributed by atoms with Gasteiger partial charge in [0.15, 0.2) is 0 Å². The normalized spacial score (nSPS) is 23.9. The van der Waals surface area contributed by atoms with Crippen LogP contribution in [0, 0.1) is 0 Å². The molecule has 4 rings (SSSR count). The number of hydrogen-bond donors (Lipinski definition) is 1. The van der Waals surface area contributed by atoms with Gasteiger partial charge in [-0.1, -0.05) is 30.1 Å². The molecule has 1 atom stereocenters. The summed E-state index contributed by atoms with van der Waals surface area (Å²) < 4.78 is 44.1. The van der Waals surface area contributed by atoms with E-state index in [1.807, 2.05) is 0 Å². The molecule has 1 saturated carbocycles. The maximum Gasteiger partial charge on any atom is 0.458 e. The summed E-state index contributed by atoms with van der Waals surface area (Å²) >= 11 is 0. The van der Waals surface area contributed by atoms with Crippen LogP contribution >= 0.6 is 0 Å². The third kappa shape index (κ3) is 2.96. The molecule has 1 aliphatic heterocycles. The molecule has 1 aliphatic carbocycles. The molecule has 26 heavy (non-hydrogen) atoms. The van der Waals surface area contributed by atoms with E-state index in [4.69, 9.17) is 4.42 Å². The zero-order valence-corrected chi connectivity index (χ0v) is 13.7. The van der Waals surface area contributed by atoms with Crippen LogP contribution in [0.5, 0.6) is 0 Å². The second-order valence-corrected chi connectivity index (χ2v) is 6.59.